The molecule has 0 radical (unpaired) electrons. The fourth-order valence-corrected chi connectivity index (χ4v) is 4.25. The number of hydrogen-bond donors (Lipinski definition) is 1. The van der Waals surface area contributed by atoms with Crippen LogP contribution in [0, 0.1) is 0 Å². The summed E-state index contributed by atoms with van der Waals surface area (Å²) in [7, 11) is 0. The maximum Gasteiger partial charge on any atom is 0.254 e. The van der Waals surface area contributed by atoms with E-state index in [1.54, 1.807) is 11.3 Å². The first-order chi connectivity index (χ1) is 14.7. The predicted molar refractivity (Wildman–Crippen MR) is 121 cm³/mol. The van der Waals surface area contributed by atoms with Gasteiger partial charge in [0.1, 0.15) is 0 Å². The quantitative estimate of drug-likeness (QED) is 0.664. The Morgan fingerprint density at radius 3 is 2.20 bits per heavy atom. The molecule has 4 rings (SSSR count). The minimum atomic E-state index is -0.0547. The van der Waals surface area contributed by atoms with Crippen LogP contribution in [0.15, 0.2) is 71.4 Å². The molecular formula is C24H25N3O2S. The normalized spacial score (nSPS) is 14.5. The van der Waals surface area contributed by atoms with E-state index < -0.39 is 0 Å². The van der Waals surface area contributed by atoms with Crippen LogP contribution < -0.4 is 5.32 Å². The van der Waals surface area contributed by atoms with Gasteiger partial charge in [-0.2, -0.15) is 11.3 Å². The van der Waals surface area contributed by atoms with Crippen LogP contribution in [0.4, 0.5) is 0 Å². The molecule has 2 aromatic carbocycles. The summed E-state index contributed by atoms with van der Waals surface area (Å²) in [4.78, 5) is 29.0. The molecule has 1 aliphatic rings. The van der Waals surface area contributed by atoms with Crippen LogP contribution in [0.1, 0.15) is 20.7 Å². The van der Waals surface area contributed by atoms with Gasteiger partial charge in [0.05, 0.1) is 5.56 Å². The fraction of sp³-hybridized carbons (Fsp3) is 0.250. The molecule has 154 valence electrons. The van der Waals surface area contributed by atoms with Gasteiger partial charge in [0.2, 0.25) is 0 Å². The minimum absolute atomic E-state index is 0.0547. The summed E-state index contributed by atoms with van der Waals surface area (Å²) >= 11 is 1.55. The average Bonchev–Trinajstić information content (AvgIpc) is 3.35. The molecule has 0 aliphatic carbocycles. The second-order valence-electron chi connectivity index (χ2n) is 7.35. The van der Waals surface area contributed by atoms with Crippen molar-refractivity contribution in [2.75, 3.05) is 39.3 Å². The third-order valence-electron chi connectivity index (χ3n) is 5.40. The molecule has 2 heterocycles. The van der Waals surface area contributed by atoms with E-state index in [0.29, 0.717) is 12.1 Å². The SMILES string of the molecule is O=C(NCCN1CCN(C(=O)c2ccsc2)CC1)c1ccc(-c2ccccc2)cc1. The van der Waals surface area contributed by atoms with E-state index in [0.717, 1.165) is 49.4 Å². The first-order valence-electron chi connectivity index (χ1n) is 10.2. The van der Waals surface area contributed by atoms with Crippen molar-refractivity contribution in [1.29, 1.82) is 0 Å². The molecule has 30 heavy (non-hydrogen) atoms. The van der Waals surface area contributed by atoms with Crippen molar-refractivity contribution in [2.24, 2.45) is 0 Å². The van der Waals surface area contributed by atoms with Crippen molar-refractivity contribution in [3.05, 3.63) is 82.6 Å². The lowest BCUT2D eigenvalue weighted by Gasteiger charge is -2.34. The summed E-state index contributed by atoms with van der Waals surface area (Å²) in [6.07, 6.45) is 0. The number of amides is 2. The lowest BCUT2D eigenvalue weighted by atomic mass is 10.0. The van der Waals surface area contributed by atoms with Crippen molar-refractivity contribution < 1.29 is 9.59 Å². The van der Waals surface area contributed by atoms with Gasteiger partial charge in [0, 0.05) is 50.2 Å². The van der Waals surface area contributed by atoms with Crippen LogP contribution in [-0.2, 0) is 0 Å². The van der Waals surface area contributed by atoms with Crippen molar-refractivity contribution in [3.8, 4) is 11.1 Å². The number of thiophene rings is 1. The number of carbonyl (C=O) groups excluding carboxylic acids is 2. The maximum absolute atomic E-state index is 12.4. The van der Waals surface area contributed by atoms with E-state index in [9.17, 15) is 9.59 Å². The van der Waals surface area contributed by atoms with Crippen LogP contribution in [0.5, 0.6) is 0 Å². The number of nitrogens with zero attached hydrogens (tertiary/aromatic N) is 2. The van der Waals surface area contributed by atoms with Gasteiger partial charge in [-0.25, -0.2) is 0 Å². The zero-order chi connectivity index (χ0) is 20.8. The molecule has 0 atom stereocenters. The number of benzene rings is 2. The predicted octanol–water partition coefficient (Wildman–Crippen LogP) is 3.60. The lowest BCUT2D eigenvalue weighted by Crippen LogP contribution is -2.50. The Balaban J connectivity index is 1.20. The Labute approximate surface area is 180 Å². The van der Waals surface area contributed by atoms with E-state index in [4.69, 9.17) is 0 Å². The van der Waals surface area contributed by atoms with Gasteiger partial charge in [-0.15, -0.1) is 0 Å². The number of hydrogen-bond acceptors (Lipinski definition) is 4. The van der Waals surface area contributed by atoms with Crippen LogP contribution in [-0.4, -0.2) is 60.9 Å². The molecule has 1 N–H and O–H groups in total. The van der Waals surface area contributed by atoms with E-state index in [1.807, 2.05) is 64.2 Å². The van der Waals surface area contributed by atoms with Gasteiger partial charge in [-0.1, -0.05) is 42.5 Å². The van der Waals surface area contributed by atoms with Crippen LogP contribution in [0.2, 0.25) is 0 Å². The Morgan fingerprint density at radius 1 is 0.833 bits per heavy atom. The van der Waals surface area contributed by atoms with Crippen LogP contribution in [0.25, 0.3) is 11.1 Å². The first-order valence-corrected chi connectivity index (χ1v) is 11.1. The zero-order valence-corrected chi connectivity index (χ0v) is 17.6. The molecule has 0 saturated carbocycles. The number of rotatable bonds is 6. The van der Waals surface area contributed by atoms with Crippen LogP contribution >= 0.6 is 11.3 Å². The van der Waals surface area contributed by atoms with E-state index in [2.05, 4.69) is 22.3 Å². The molecular weight excluding hydrogens is 394 g/mol. The molecule has 5 nitrogen and oxygen atoms in total. The molecule has 1 aliphatic heterocycles. The molecule has 2 amide bonds. The number of piperazine rings is 1. The largest absolute Gasteiger partial charge is 0.351 e. The summed E-state index contributed by atoms with van der Waals surface area (Å²) in [6.45, 7) is 4.49. The van der Waals surface area contributed by atoms with Gasteiger partial charge >= 0.3 is 0 Å². The average molecular weight is 420 g/mol. The molecule has 1 fully saturated rings. The van der Waals surface area contributed by atoms with Gasteiger partial charge in [0.15, 0.2) is 0 Å². The summed E-state index contributed by atoms with van der Waals surface area (Å²) in [6, 6.07) is 19.7. The molecule has 0 spiro atoms. The highest BCUT2D eigenvalue weighted by Crippen LogP contribution is 2.19. The van der Waals surface area contributed by atoms with Gasteiger partial charge in [-0.05, 0) is 34.7 Å². The fourth-order valence-electron chi connectivity index (χ4n) is 3.62. The summed E-state index contributed by atoms with van der Waals surface area (Å²) in [5.41, 5.74) is 3.68. The Morgan fingerprint density at radius 2 is 1.53 bits per heavy atom. The third kappa shape index (κ3) is 4.96. The van der Waals surface area contributed by atoms with Crippen LogP contribution in [0.3, 0.4) is 0 Å². The summed E-state index contributed by atoms with van der Waals surface area (Å²) < 4.78 is 0. The molecule has 0 unspecified atom stereocenters. The molecule has 1 aromatic heterocycles. The maximum atomic E-state index is 12.4. The van der Waals surface area contributed by atoms with Crippen molar-refractivity contribution >= 4 is 23.2 Å². The smallest absolute Gasteiger partial charge is 0.254 e. The lowest BCUT2D eigenvalue weighted by molar-refractivity contribution is 0.0638. The second-order valence-corrected chi connectivity index (χ2v) is 8.13. The Hall–Kier alpha value is -2.96. The standard InChI is InChI=1S/C24H25N3O2S/c28-23(21-8-6-20(7-9-21)19-4-2-1-3-5-19)25-11-12-26-13-15-27(16-14-26)24(29)22-10-17-30-18-22/h1-10,17-18H,11-16H2,(H,25,28). The second kappa shape index (κ2) is 9.69. The molecule has 1 saturated heterocycles. The van der Waals surface area contributed by atoms with E-state index in [-0.39, 0.29) is 11.8 Å². The highest BCUT2D eigenvalue weighted by atomic mass is 32.1. The highest BCUT2D eigenvalue weighted by molar-refractivity contribution is 7.08. The van der Waals surface area contributed by atoms with Gasteiger partial charge in [0.25, 0.3) is 11.8 Å². The number of nitrogens with one attached hydrogen (secondary N) is 1. The Kier molecular flexibility index (Phi) is 6.57. The Bertz CT molecular complexity index is 963. The van der Waals surface area contributed by atoms with E-state index >= 15 is 0 Å². The molecule has 6 heteroatoms. The summed E-state index contributed by atoms with van der Waals surface area (Å²) in [5.74, 6) is 0.0593. The minimum Gasteiger partial charge on any atom is -0.351 e. The van der Waals surface area contributed by atoms with Gasteiger partial charge < -0.3 is 10.2 Å². The summed E-state index contributed by atoms with van der Waals surface area (Å²) in [5, 5.41) is 6.83. The zero-order valence-electron chi connectivity index (χ0n) is 16.8. The van der Waals surface area contributed by atoms with Crippen molar-refractivity contribution in [3.63, 3.8) is 0 Å². The monoisotopic (exact) mass is 419 g/mol. The highest BCUT2D eigenvalue weighted by Gasteiger charge is 2.22. The van der Waals surface area contributed by atoms with Crippen molar-refractivity contribution in [2.45, 2.75) is 0 Å². The number of carbonyl (C=O) groups is 2. The van der Waals surface area contributed by atoms with Gasteiger partial charge in [-0.3, -0.25) is 14.5 Å². The van der Waals surface area contributed by atoms with Crippen molar-refractivity contribution in [1.82, 2.24) is 15.1 Å². The topological polar surface area (TPSA) is 52.7 Å². The third-order valence-corrected chi connectivity index (χ3v) is 6.08. The van der Waals surface area contributed by atoms with E-state index in [1.165, 1.54) is 0 Å². The first kappa shape index (κ1) is 20.3. The molecule has 3 aromatic rings. The molecule has 0 bridgehead atoms.